The van der Waals surface area contributed by atoms with Crippen LogP contribution in [-0.4, -0.2) is 24.2 Å². The summed E-state index contributed by atoms with van der Waals surface area (Å²) in [5, 5.41) is 0. The number of aryl methyl sites for hydroxylation is 1. The van der Waals surface area contributed by atoms with Crippen molar-refractivity contribution in [2.24, 2.45) is 0 Å². The number of hydrogen-bond acceptors (Lipinski definition) is 4. The Morgan fingerprint density at radius 1 is 1.57 bits per heavy atom. The van der Waals surface area contributed by atoms with E-state index in [1.165, 1.54) is 0 Å². The summed E-state index contributed by atoms with van der Waals surface area (Å²) in [6, 6.07) is 3.68. The van der Waals surface area contributed by atoms with E-state index in [0.29, 0.717) is 12.5 Å². The zero-order valence-corrected chi connectivity index (χ0v) is 8.32. The van der Waals surface area contributed by atoms with Gasteiger partial charge in [0.15, 0.2) is 6.61 Å². The van der Waals surface area contributed by atoms with Crippen molar-refractivity contribution in [1.29, 1.82) is 0 Å². The third-order valence-corrected chi connectivity index (χ3v) is 1.59. The summed E-state index contributed by atoms with van der Waals surface area (Å²) in [5.74, 6) is 0.0955. The van der Waals surface area contributed by atoms with Crippen molar-refractivity contribution in [2.45, 2.75) is 13.8 Å². The normalized spacial score (nSPS) is 9.57. The SMILES string of the molecule is CCOC(=O)COc1ncccc1C. The molecule has 0 aliphatic heterocycles. The van der Waals surface area contributed by atoms with Gasteiger partial charge in [-0.25, -0.2) is 9.78 Å². The van der Waals surface area contributed by atoms with Crippen molar-refractivity contribution in [3.05, 3.63) is 23.9 Å². The van der Waals surface area contributed by atoms with Gasteiger partial charge in [0.05, 0.1) is 6.61 Å². The Labute approximate surface area is 82.9 Å². The number of hydrogen-bond donors (Lipinski definition) is 0. The molecule has 1 rings (SSSR count). The second-order valence-electron chi connectivity index (χ2n) is 2.72. The van der Waals surface area contributed by atoms with Gasteiger partial charge in [-0.15, -0.1) is 0 Å². The molecule has 0 amide bonds. The number of carbonyl (C=O) groups is 1. The Kier molecular flexibility index (Phi) is 3.91. The lowest BCUT2D eigenvalue weighted by atomic mass is 10.3. The van der Waals surface area contributed by atoms with E-state index in [1.807, 2.05) is 19.1 Å². The van der Waals surface area contributed by atoms with Crippen LogP contribution in [0.5, 0.6) is 5.88 Å². The van der Waals surface area contributed by atoms with Crippen molar-refractivity contribution in [3.8, 4) is 5.88 Å². The lowest BCUT2D eigenvalue weighted by molar-refractivity contribution is -0.145. The predicted octanol–water partition coefficient (Wildman–Crippen LogP) is 1.33. The van der Waals surface area contributed by atoms with Gasteiger partial charge in [0.1, 0.15) is 0 Å². The smallest absolute Gasteiger partial charge is 0.344 e. The number of carbonyl (C=O) groups excluding carboxylic acids is 1. The first-order valence-corrected chi connectivity index (χ1v) is 4.44. The quantitative estimate of drug-likeness (QED) is 0.680. The van der Waals surface area contributed by atoms with E-state index >= 15 is 0 Å². The number of rotatable bonds is 4. The van der Waals surface area contributed by atoms with Gasteiger partial charge in [-0.3, -0.25) is 0 Å². The summed E-state index contributed by atoms with van der Waals surface area (Å²) in [7, 11) is 0. The summed E-state index contributed by atoms with van der Waals surface area (Å²) >= 11 is 0. The average Bonchev–Trinajstić information content (AvgIpc) is 2.17. The molecule has 0 aliphatic carbocycles. The fourth-order valence-corrected chi connectivity index (χ4v) is 0.952. The van der Waals surface area contributed by atoms with Gasteiger partial charge in [-0.05, 0) is 19.9 Å². The molecule has 0 unspecified atom stereocenters. The second-order valence-corrected chi connectivity index (χ2v) is 2.72. The van der Waals surface area contributed by atoms with Crippen LogP contribution in [0.2, 0.25) is 0 Å². The van der Waals surface area contributed by atoms with Crippen LogP contribution in [0.15, 0.2) is 18.3 Å². The fourth-order valence-electron chi connectivity index (χ4n) is 0.952. The Hall–Kier alpha value is -1.58. The van der Waals surface area contributed by atoms with Crippen molar-refractivity contribution < 1.29 is 14.3 Å². The highest BCUT2D eigenvalue weighted by atomic mass is 16.6. The summed E-state index contributed by atoms with van der Waals surface area (Å²) < 4.78 is 9.88. The predicted molar refractivity (Wildman–Crippen MR) is 51.1 cm³/mol. The molecule has 0 aromatic carbocycles. The lowest BCUT2D eigenvalue weighted by Gasteiger charge is -2.06. The van der Waals surface area contributed by atoms with Crippen LogP contribution in [0.4, 0.5) is 0 Å². The Morgan fingerprint density at radius 3 is 3.00 bits per heavy atom. The van der Waals surface area contributed by atoms with Gasteiger partial charge < -0.3 is 9.47 Å². The third kappa shape index (κ3) is 3.05. The highest BCUT2D eigenvalue weighted by Crippen LogP contribution is 2.11. The highest BCUT2D eigenvalue weighted by molar-refractivity contribution is 5.71. The maximum atomic E-state index is 11.0. The molecule has 76 valence electrons. The van der Waals surface area contributed by atoms with Gasteiger partial charge in [0.25, 0.3) is 0 Å². The zero-order chi connectivity index (χ0) is 10.4. The number of ether oxygens (including phenoxy) is 2. The number of aromatic nitrogens is 1. The largest absolute Gasteiger partial charge is 0.465 e. The minimum atomic E-state index is -0.377. The van der Waals surface area contributed by atoms with Gasteiger partial charge in [-0.2, -0.15) is 0 Å². The van der Waals surface area contributed by atoms with Crippen LogP contribution < -0.4 is 4.74 Å². The molecule has 1 heterocycles. The summed E-state index contributed by atoms with van der Waals surface area (Å²) in [6.45, 7) is 3.90. The van der Waals surface area contributed by atoms with Crippen LogP contribution in [0, 0.1) is 6.92 Å². The molecule has 1 aromatic heterocycles. The monoisotopic (exact) mass is 195 g/mol. The topological polar surface area (TPSA) is 48.4 Å². The molecule has 4 nitrogen and oxygen atoms in total. The maximum absolute atomic E-state index is 11.0. The van der Waals surface area contributed by atoms with E-state index in [4.69, 9.17) is 9.47 Å². The second kappa shape index (κ2) is 5.21. The molecule has 0 radical (unpaired) electrons. The first kappa shape index (κ1) is 10.5. The molecule has 1 aromatic rings. The first-order chi connectivity index (χ1) is 6.74. The Bertz CT molecular complexity index is 312. The number of esters is 1. The van der Waals surface area contributed by atoms with Crippen LogP contribution >= 0.6 is 0 Å². The fraction of sp³-hybridized carbons (Fsp3) is 0.400. The van der Waals surface area contributed by atoms with Gasteiger partial charge in [-0.1, -0.05) is 6.07 Å². The highest BCUT2D eigenvalue weighted by Gasteiger charge is 2.04. The standard InChI is InChI=1S/C10H13NO3/c1-3-13-9(12)7-14-10-8(2)5-4-6-11-10/h4-6H,3,7H2,1-2H3. The lowest BCUT2D eigenvalue weighted by Crippen LogP contribution is -2.15. The summed E-state index contributed by atoms with van der Waals surface area (Å²) in [4.78, 5) is 14.9. The summed E-state index contributed by atoms with van der Waals surface area (Å²) in [5.41, 5.74) is 0.900. The Balaban J connectivity index is 2.46. The van der Waals surface area contributed by atoms with Gasteiger partial charge in [0.2, 0.25) is 5.88 Å². The van der Waals surface area contributed by atoms with Crippen LogP contribution in [0.3, 0.4) is 0 Å². The minimum Gasteiger partial charge on any atom is -0.465 e. The van der Waals surface area contributed by atoms with Crippen molar-refractivity contribution >= 4 is 5.97 Å². The molecule has 0 atom stereocenters. The molecule has 0 fully saturated rings. The minimum absolute atomic E-state index is 0.0916. The van der Waals surface area contributed by atoms with Crippen molar-refractivity contribution in [1.82, 2.24) is 4.98 Å². The Morgan fingerprint density at radius 2 is 2.36 bits per heavy atom. The molecule has 0 saturated carbocycles. The molecule has 0 bridgehead atoms. The van der Waals surface area contributed by atoms with Gasteiger partial charge >= 0.3 is 5.97 Å². The number of nitrogens with zero attached hydrogens (tertiary/aromatic N) is 1. The summed E-state index contributed by atoms with van der Waals surface area (Å²) in [6.07, 6.45) is 1.62. The molecule has 0 aliphatic rings. The first-order valence-electron chi connectivity index (χ1n) is 4.44. The van der Waals surface area contributed by atoms with E-state index in [-0.39, 0.29) is 12.6 Å². The van der Waals surface area contributed by atoms with Crippen molar-refractivity contribution in [2.75, 3.05) is 13.2 Å². The van der Waals surface area contributed by atoms with E-state index < -0.39 is 0 Å². The molecule has 14 heavy (non-hydrogen) atoms. The van der Waals surface area contributed by atoms with E-state index in [2.05, 4.69) is 4.98 Å². The van der Waals surface area contributed by atoms with E-state index in [1.54, 1.807) is 13.1 Å². The molecule has 4 heteroatoms. The average molecular weight is 195 g/mol. The third-order valence-electron chi connectivity index (χ3n) is 1.59. The van der Waals surface area contributed by atoms with Crippen LogP contribution in [-0.2, 0) is 9.53 Å². The molecular formula is C10H13NO3. The van der Waals surface area contributed by atoms with E-state index in [0.717, 1.165) is 5.56 Å². The maximum Gasteiger partial charge on any atom is 0.344 e. The van der Waals surface area contributed by atoms with Crippen molar-refractivity contribution in [3.63, 3.8) is 0 Å². The zero-order valence-electron chi connectivity index (χ0n) is 8.32. The molecular weight excluding hydrogens is 182 g/mol. The van der Waals surface area contributed by atoms with Crippen LogP contribution in [0.1, 0.15) is 12.5 Å². The van der Waals surface area contributed by atoms with Gasteiger partial charge in [0, 0.05) is 11.8 Å². The molecule has 0 saturated heterocycles. The number of pyridine rings is 1. The molecule has 0 spiro atoms. The molecule has 0 N–H and O–H groups in total. The van der Waals surface area contributed by atoms with E-state index in [9.17, 15) is 4.79 Å². The van der Waals surface area contributed by atoms with Crippen LogP contribution in [0.25, 0.3) is 0 Å².